The molecule has 21 heavy (non-hydrogen) atoms. The number of likely N-dealkylation sites (N-methyl/N-ethyl adjacent to an activating group) is 1. The van der Waals surface area contributed by atoms with E-state index in [0.29, 0.717) is 12.2 Å². The van der Waals surface area contributed by atoms with Gasteiger partial charge in [0.05, 0.1) is 5.41 Å². The number of benzene rings is 2. The Hall–Kier alpha value is -1.93. The van der Waals surface area contributed by atoms with E-state index in [1.807, 2.05) is 36.4 Å². The number of rotatable bonds is 3. The number of nitrogens with zero attached hydrogens (tertiary/aromatic N) is 1. The van der Waals surface area contributed by atoms with Crippen LogP contribution in [0.2, 0.25) is 0 Å². The molecule has 0 amide bonds. The van der Waals surface area contributed by atoms with Gasteiger partial charge in [0.2, 0.25) is 0 Å². The summed E-state index contributed by atoms with van der Waals surface area (Å²) in [6, 6.07) is 20.5. The number of piperidine rings is 1. The van der Waals surface area contributed by atoms with Gasteiger partial charge in [-0.25, -0.2) is 0 Å². The maximum absolute atomic E-state index is 13.0. The van der Waals surface area contributed by atoms with E-state index in [2.05, 4.69) is 36.1 Å². The molecular formula is C19H21NO. The van der Waals surface area contributed by atoms with Crippen molar-refractivity contribution >= 4 is 5.78 Å². The molecule has 0 unspecified atom stereocenters. The molecular weight excluding hydrogens is 258 g/mol. The smallest absolute Gasteiger partial charge is 0.150 e. The van der Waals surface area contributed by atoms with Crippen LogP contribution in [0.1, 0.15) is 24.5 Å². The van der Waals surface area contributed by atoms with E-state index in [1.54, 1.807) is 0 Å². The number of carbonyl (C=O) groups is 1. The first-order valence-corrected chi connectivity index (χ1v) is 7.64. The fraction of sp³-hybridized carbons (Fsp3) is 0.316. The van der Waals surface area contributed by atoms with Crippen LogP contribution in [0.5, 0.6) is 0 Å². The van der Waals surface area contributed by atoms with Crippen LogP contribution >= 0.6 is 0 Å². The predicted octanol–water partition coefficient (Wildman–Crippen LogP) is 3.27. The van der Waals surface area contributed by atoms with E-state index >= 15 is 0 Å². The van der Waals surface area contributed by atoms with E-state index in [1.165, 1.54) is 0 Å². The minimum atomic E-state index is -0.517. The first-order chi connectivity index (χ1) is 10.3. The maximum atomic E-state index is 13.0. The average molecular weight is 279 g/mol. The Morgan fingerprint density at radius 2 is 1.48 bits per heavy atom. The second-order valence-electron chi connectivity index (χ2n) is 5.68. The van der Waals surface area contributed by atoms with Gasteiger partial charge in [-0.3, -0.25) is 4.79 Å². The summed E-state index contributed by atoms with van der Waals surface area (Å²) >= 11 is 0. The summed E-state index contributed by atoms with van der Waals surface area (Å²) in [5.41, 5.74) is 1.70. The Labute approximate surface area is 126 Å². The van der Waals surface area contributed by atoms with Crippen LogP contribution in [0, 0.1) is 0 Å². The van der Waals surface area contributed by atoms with E-state index in [0.717, 1.165) is 30.8 Å². The molecule has 0 aromatic heterocycles. The summed E-state index contributed by atoms with van der Waals surface area (Å²) in [5.74, 6) is 0.338. The van der Waals surface area contributed by atoms with Crippen LogP contribution < -0.4 is 0 Å². The molecule has 1 saturated heterocycles. The van der Waals surface area contributed by atoms with Gasteiger partial charge in [0.1, 0.15) is 5.78 Å². The highest BCUT2D eigenvalue weighted by molar-refractivity contribution is 5.95. The predicted molar refractivity (Wildman–Crippen MR) is 85.4 cm³/mol. The molecule has 3 rings (SSSR count). The molecule has 1 aliphatic rings. The molecule has 1 heterocycles. The zero-order chi connectivity index (χ0) is 14.7. The van der Waals surface area contributed by atoms with Crippen LogP contribution in [0.3, 0.4) is 0 Å². The van der Waals surface area contributed by atoms with Gasteiger partial charge in [-0.15, -0.1) is 0 Å². The van der Waals surface area contributed by atoms with Gasteiger partial charge in [0, 0.05) is 19.5 Å². The quantitative estimate of drug-likeness (QED) is 0.859. The summed E-state index contributed by atoms with van der Waals surface area (Å²) in [5, 5.41) is 0. The Kier molecular flexibility index (Phi) is 3.89. The van der Waals surface area contributed by atoms with Gasteiger partial charge in [-0.1, -0.05) is 67.6 Å². The highest BCUT2D eigenvalue weighted by Crippen LogP contribution is 2.37. The van der Waals surface area contributed by atoms with Crippen LogP contribution in [0.4, 0.5) is 0 Å². The fourth-order valence-electron chi connectivity index (χ4n) is 3.36. The molecule has 2 aromatic rings. The lowest BCUT2D eigenvalue weighted by atomic mass is 9.68. The van der Waals surface area contributed by atoms with Crippen molar-refractivity contribution in [2.75, 3.05) is 19.6 Å². The molecule has 2 nitrogen and oxygen atoms in total. The Bertz CT molecular complexity index is 566. The van der Waals surface area contributed by atoms with Gasteiger partial charge in [0.25, 0.3) is 0 Å². The normalized spacial score (nSPS) is 18.6. The lowest BCUT2D eigenvalue weighted by molar-refractivity contribution is -0.126. The highest BCUT2D eigenvalue weighted by atomic mass is 16.1. The van der Waals surface area contributed by atoms with Crippen molar-refractivity contribution in [3.8, 4) is 0 Å². The van der Waals surface area contributed by atoms with Crippen LogP contribution in [-0.4, -0.2) is 30.3 Å². The SMILES string of the molecule is CCN1CCC(=O)C(c2ccccc2)(c2ccccc2)C1. The van der Waals surface area contributed by atoms with E-state index in [9.17, 15) is 4.79 Å². The van der Waals surface area contributed by atoms with Crippen molar-refractivity contribution in [1.29, 1.82) is 0 Å². The van der Waals surface area contributed by atoms with Crippen molar-refractivity contribution < 1.29 is 4.79 Å². The number of likely N-dealkylation sites (tertiary alicyclic amines) is 1. The minimum absolute atomic E-state index is 0.338. The molecule has 0 spiro atoms. The van der Waals surface area contributed by atoms with Gasteiger partial charge < -0.3 is 4.90 Å². The topological polar surface area (TPSA) is 20.3 Å². The van der Waals surface area contributed by atoms with Crippen LogP contribution in [0.25, 0.3) is 0 Å². The molecule has 1 aliphatic heterocycles. The third-order valence-corrected chi connectivity index (χ3v) is 4.57. The van der Waals surface area contributed by atoms with Crippen molar-refractivity contribution in [1.82, 2.24) is 4.90 Å². The number of hydrogen-bond donors (Lipinski definition) is 0. The zero-order valence-corrected chi connectivity index (χ0v) is 12.5. The number of Topliss-reactive ketones (excluding diaryl/α,β-unsaturated/α-hetero) is 1. The first-order valence-electron chi connectivity index (χ1n) is 7.64. The third-order valence-electron chi connectivity index (χ3n) is 4.57. The van der Waals surface area contributed by atoms with E-state index in [4.69, 9.17) is 0 Å². The minimum Gasteiger partial charge on any atom is -0.301 e. The first kappa shape index (κ1) is 14.0. The van der Waals surface area contributed by atoms with Gasteiger partial charge in [-0.2, -0.15) is 0 Å². The second-order valence-corrected chi connectivity index (χ2v) is 5.68. The molecule has 0 saturated carbocycles. The maximum Gasteiger partial charge on any atom is 0.150 e. The largest absolute Gasteiger partial charge is 0.301 e. The van der Waals surface area contributed by atoms with Crippen molar-refractivity contribution in [2.24, 2.45) is 0 Å². The molecule has 2 aromatic carbocycles. The molecule has 108 valence electrons. The Morgan fingerprint density at radius 1 is 0.952 bits per heavy atom. The molecule has 1 fully saturated rings. The zero-order valence-electron chi connectivity index (χ0n) is 12.5. The van der Waals surface area contributed by atoms with Gasteiger partial charge in [0.15, 0.2) is 0 Å². The standard InChI is InChI=1S/C19H21NO/c1-2-20-14-13-18(21)19(15-20,16-9-5-3-6-10-16)17-11-7-4-8-12-17/h3-12H,2,13-15H2,1H3. The molecule has 0 bridgehead atoms. The number of hydrogen-bond acceptors (Lipinski definition) is 2. The number of ketones is 1. The summed E-state index contributed by atoms with van der Waals surface area (Å²) in [6.45, 7) is 4.79. The van der Waals surface area contributed by atoms with Gasteiger partial charge >= 0.3 is 0 Å². The fourth-order valence-corrected chi connectivity index (χ4v) is 3.36. The Balaban J connectivity index is 2.17. The molecule has 0 radical (unpaired) electrons. The second kappa shape index (κ2) is 5.82. The lowest BCUT2D eigenvalue weighted by Gasteiger charge is -2.42. The van der Waals surface area contributed by atoms with Gasteiger partial charge in [-0.05, 0) is 17.7 Å². The third kappa shape index (κ3) is 2.40. The van der Waals surface area contributed by atoms with Crippen LogP contribution in [0.15, 0.2) is 60.7 Å². The average Bonchev–Trinajstić information content (AvgIpc) is 2.57. The lowest BCUT2D eigenvalue weighted by Crippen LogP contribution is -2.52. The Morgan fingerprint density at radius 3 is 1.95 bits per heavy atom. The summed E-state index contributed by atoms with van der Waals surface area (Å²) in [7, 11) is 0. The highest BCUT2D eigenvalue weighted by Gasteiger charge is 2.45. The van der Waals surface area contributed by atoms with E-state index < -0.39 is 5.41 Å². The number of carbonyl (C=O) groups excluding carboxylic acids is 1. The van der Waals surface area contributed by atoms with Crippen LogP contribution in [-0.2, 0) is 10.2 Å². The summed E-state index contributed by atoms with van der Waals surface area (Å²) in [6.07, 6.45) is 0.623. The summed E-state index contributed by atoms with van der Waals surface area (Å²) in [4.78, 5) is 15.3. The summed E-state index contributed by atoms with van der Waals surface area (Å²) < 4.78 is 0. The molecule has 0 atom stereocenters. The van der Waals surface area contributed by atoms with Crippen molar-refractivity contribution in [3.05, 3.63) is 71.8 Å². The molecule has 0 N–H and O–H groups in total. The molecule has 0 aliphatic carbocycles. The monoisotopic (exact) mass is 279 g/mol. The van der Waals surface area contributed by atoms with Crippen molar-refractivity contribution in [3.63, 3.8) is 0 Å². The van der Waals surface area contributed by atoms with E-state index in [-0.39, 0.29) is 0 Å². The van der Waals surface area contributed by atoms with Crippen molar-refractivity contribution in [2.45, 2.75) is 18.8 Å². The molecule has 2 heteroatoms.